The van der Waals surface area contributed by atoms with E-state index >= 15 is 0 Å². The minimum absolute atomic E-state index is 0.176. The summed E-state index contributed by atoms with van der Waals surface area (Å²) in [6.07, 6.45) is 3.14. The van der Waals surface area contributed by atoms with Crippen LogP contribution in [0.25, 0.3) is 0 Å². The van der Waals surface area contributed by atoms with Gasteiger partial charge in [-0.2, -0.15) is 10.2 Å². The molecule has 1 N–H and O–H groups in total. The molecule has 3 rings (SSSR count). The van der Waals surface area contributed by atoms with Crippen LogP contribution in [0.3, 0.4) is 0 Å². The smallest absolute Gasteiger partial charge is 0.276 e. The van der Waals surface area contributed by atoms with Crippen LogP contribution in [0.4, 0.5) is 5.69 Å². The molecule has 0 saturated carbocycles. The highest BCUT2D eigenvalue weighted by atomic mass is 16.5. The van der Waals surface area contributed by atoms with Crippen molar-refractivity contribution in [2.45, 2.75) is 34.0 Å². The molecule has 9 heteroatoms. The Morgan fingerprint density at radius 2 is 1.97 bits per heavy atom. The van der Waals surface area contributed by atoms with Crippen molar-refractivity contribution in [3.8, 4) is 5.75 Å². The fraction of sp³-hybridized carbons (Fsp3) is 0.333. The molecule has 0 unspecified atom stereocenters. The predicted molar refractivity (Wildman–Crippen MR) is 113 cm³/mol. The van der Waals surface area contributed by atoms with Crippen LogP contribution in [0.2, 0.25) is 0 Å². The Labute approximate surface area is 175 Å². The Hall–Kier alpha value is -3.62. The highest BCUT2D eigenvalue weighted by Gasteiger charge is 2.22. The highest BCUT2D eigenvalue weighted by molar-refractivity contribution is 6.07. The topological polar surface area (TPSA) is 94.3 Å². The van der Waals surface area contributed by atoms with Crippen LogP contribution in [-0.4, -0.2) is 50.4 Å². The van der Waals surface area contributed by atoms with Gasteiger partial charge in [0.05, 0.1) is 11.9 Å². The quantitative estimate of drug-likeness (QED) is 0.646. The minimum atomic E-state index is -0.427. The van der Waals surface area contributed by atoms with Crippen LogP contribution in [0.5, 0.6) is 5.75 Å². The van der Waals surface area contributed by atoms with E-state index < -0.39 is 5.91 Å². The summed E-state index contributed by atoms with van der Waals surface area (Å²) in [6, 6.07) is 7.57. The number of hydrogen-bond acceptors (Lipinski definition) is 5. The summed E-state index contributed by atoms with van der Waals surface area (Å²) in [7, 11) is 3.30. The molecule has 2 heterocycles. The van der Waals surface area contributed by atoms with Crippen LogP contribution in [0.1, 0.15) is 39.0 Å². The van der Waals surface area contributed by atoms with Crippen molar-refractivity contribution in [2.24, 2.45) is 0 Å². The maximum Gasteiger partial charge on any atom is 0.276 e. The third kappa shape index (κ3) is 4.51. The SMILES string of the molecule is CCn1ncc(NC(=O)c2ccn(COc3cc(C)ccc3C)n2)c1C(=O)N(C)C. The van der Waals surface area contributed by atoms with Gasteiger partial charge in [0.25, 0.3) is 11.8 Å². The summed E-state index contributed by atoms with van der Waals surface area (Å²) in [5.74, 6) is 0.108. The van der Waals surface area contributed by atoms with Gasteiger partial charge in [0.1, 0.15) is 11.4 Å². The molecule has 0 radical (unpaired) electrons. The van der Waals surface area contributed by atoms with E-state index in [1.165, 1.54) is 15.8 Å². The van der Waals surface area contributed by atoms with E-state index in [4.69, 9.17) is 4.74 Å². The van der Waals surface area contributed by atoms with Crippen LogP contribution < -0.4 is 10.1 Å². The van der Waals surface area contributed by atoms with Gasteiger partial charge in [-0.3, -0.25) is 14.3 Å². The van der Waals surface area contributed by atoms with E-state index in [1.54, 1.807) is 31.0 Å². The number of aromatic nitrogens is 4. The molecule has 0 atom stereocenters. The fourth-order valence-electron chi connectivity index (χ4n) is 2.89. The van der Waals surface area contributed by atoms with Crippen LogP contribution in [0, 0.1) is 13.8 Å². The summed E-state index contributed by atoms with van der Waals surface area (Å²) in [6.45, 7) is 6.53. The first-order valence-corrected chi connectivity index (χ1v) is 9.62. The Morgan fingerprint density at radius 1 is 1.20 bits per heavy atom. The Bertz CT molecular complexity index is 1070. The van der Waals surface area contributed by atoms with Gasteiger partial charge in [-0.1, -0.05) is 12.1 Å². The van der Waals surface area contributed by atoms with Gasteiger partial charge < -0.3 is 15.0 Å². The number of hydrogen-bond donors (Lipinski definition) is 1. The number of benzene rings is 1. The molecule has 30 heavy (non-hydrogen) atoms. The molecule has 9 nitrogen and oxygen atoms in total. The van der Waals surface area contributed by atoms with Gasteiger partial charge in [0.15, 0.2) is 12.4 Å². The van der Waals surface area contributed by atoms with Crippen molar-refractivity contribution in [3.63, 3.8) is 0 Å². The van der Waals surface area contributed by atoms with Crippen molar-refractivity contribution in [3.05, 3.63) is 59.2 Å². The molecular weight excluding hydrogens is 384 g/mol. The lowest BCUT2D eigenvalue weighted by molar-refractivity contribution is 0.0816. The van der Waals surface area contributed by atoms with Crippen molar-refractivity contribution in [1.29, 1.82) is 0 Å². The highest BCUT2D eigenvalue weighted by Crippen LogP contribution is 2.20. The lowest BCUT2D eigenvalue weighted by Crippen LogP contribution is -2.26. The molecule has 0 bridgehead atoms. The molecule has 2 amide bonds. The molecule has 0 saturated heterocycles. The van der Waals surface area contributed by atoms with Gasteiger partial charge >= 0.3 is 0 Å². The molecule has 0 aliphatic rings. The summed E-state index contributed by atoms with van der Waals surface area (Å²) in [5.41, 5.74) is 3.02. The number of amides is 2. The van der Waals surface area contributed by atoms with Gasteiger partial charge in [-0.05, 0) is 44.0 Å². The molecule has 3 aromatic rings. The second-order valence-corrected chi connectivity index (χ2v) is 7.16. The van der Waals surface area contributed by atoms with Crippen molar-refractivity contribution in [2.75, 3.05) is 19.4 Å². The van der Waals surface area contributed by atoms with E-state index in [2.05, 4.69) is 15.5 Å². The van der Waals surface area contributed by atoms with Crippen molar-refractivity contribution >= 4 is 17.5 Å². The lowest BCUT2D eigenvalue weighted by atomic mass is 10.1. The van der Waals surface area contributed by atoms with E-state index in [-0.39, 0.29) is 18.3 Å². The molecular formula is C21H26N6O3. The maximum atomic E-state index is 12.7. The standard InChI is InChI=1S/C21H26N6O3/c1-6-27-19(21(29)25(4)5)17(12-22-27)23-20(28)16-9-10-26(24-16)13-30-18-11-14(2)7-8-15(18)3/h7-12H,6,13H2,1-5H3,(H,23,28). The van der Waals surface area contributed by atoms with Gasteiger partial charge in [0, 0.05) is 26.8 Å². The molecule has 0 fully saturated rings. The van der Waals surface area contributed by atoms with E-state index in [0.29, 0.717) is 17.9 Å². The van der Waals surface area contributed by atoms with Gasteiger partial charge in [-0.15, -0.1) is 0 Å². The second-order valence-electron chi connectivity index (χ2n) is 7.16. The second kappa shape index (κ2) is 8.81. The number of anilines is 1. The van der Waals surface area contributed by atoms with Gasteiger partial charge in [-0.25, -0.2) is 4.68 Å². The molecule has 158 valence electrons. The number of rotatable bonds is 7. The molecule has 0 aliphatic heterocycles. The lowest BCUT2D eigenvalue weighted by Gasteiger charge is -2.13. The van der Waals surface area contributed by atoms with Crippen LogP contribution in [0.15, 0.2) is 36.7 Å². The van der Waals surface area contributed by atoms with E-state index in [9.17, 15) is 9.59 Å². The Kier molecular flexibility index (Phi) is 6.20. The van der Waals surface area contributed by atoms with Crippen LogP contribution in [-0.2, 0) is 13.3 Å². The average molecular weight is 410 g/mol. The molecule has 0 spiro atoms. The van der Waals surface area contributed by atoms with E-state index in [0.717, 1.165) is 16.9 Å². The number of nitrogens with zero attached hydrogens (tertiary/aromatic N) is 5. The van der Waals surface area contributed by atoms with Crippen molar-refractivity contribution < 1.29 is 14.3 Å². The third-order valence-electron chi connectivity index (χ3n) is 4.57. The maximum absolute atomic E-state index is 12.7. The number of ether oxygens (including phenoxy) is 1. The Balaban J connectivity index is 1.71. The number of nitrogens with one attached hydrogen (secondary N) is 1. The van der Waals surface area contributed by atoms with Gasteiger partial charge in [0.2, 0.25) is 0 Å². The number of carbonyl (C=O) groups excluding carboxylic acids is 2. The summed E-state index contributed by atoms with van der Waals surface area (Å²) in [5, 5.41) is 11.2. The minimum Gasteiger partial charge on any atom is -0.471 e. The first-order valence-electron chi connectivity index (χ1n) is 9.62. The largest absolute Gasteiger partial charge is 0.471 e. The predicted octanol–water partition coefficient (Wildman–Crippen LogP) is 2.71. The zero-order valence-electron chi connectivity index (χ0n) is 17.8. The monoisotopic (exact) mass is 410 g/mol. The average Bonchev–Trinajstić information content (AvgIpc) is 3.35. The zero-order chi connectivity index (χ0) is 21.8. The molecule has 1 aromatic carbocycles. The van der Waals surface area contributed by atoms with Crippen LogP contribution >= 0.6 is 0 Å². The fourth-order valence-corrected chi connectivity index (χ4v) is 2.89. The van der Waals surface area contributed by atoms with E-state index in [1.807, 2.05) is 39.0 Å². The van der Waals surface area contributed by atoms with Crippen molar-refractivity contribution in [1.82, 2.24) is 24.5 Å². The first kappa shape index (κ1) is 21.1. The Morgan fingerprint density at radius 3 is 2.67 bits per heavy atom. The molecule has 2 aromatic heterocycles. The summed E-state index contributed by atoms with van der Waals surface area (Å²) in [4.78, 5) is 26.6. The summed E-state index contributed by atoms with van der Waals surface area (Å²) < 4.78 is 8.90. The third-order valence-corrected chi connectivity index (χ3v) is 4.57. The first-order chi connectivity index (χ1) is 14.3. The normalized spacial score (nSPS) is 10.7. The number of aryl methyl sites for hydroxylation is 3. The zero-order valence-corrected chi connectivity index (χ0v) is 17.8. The number of carbonyl (C=O) groups is 2. The summed E-state index contributed by atoms with van der Waals surface area (Å²) >= 11 is 0. The molecule has 0 aliphatic carbocycles.